The van der Waals surface area contributed by atoms with Crippen LogP contribution < -0.4 is 9.47 Å². The molecule has 226 valence electrons. The first-order chi connectivity index (χ1) is 20.2. The Morgan fingerprint density at radius 2 is 1.05 bits per heavy atom. The second kappa shape index (κ2) is 15.7. The molecular formula is C33H35NO9. The highest BCUT2D eigenvalue weighted by molar-refractivity contribution is 5.99. The molecule has 10 nitrogen and oxygen atoms in total. The molecule has 0 aliphatic heterocycles. The fraction of sp³-hybridized carbons (Fsp3) is 0.242. The molecule has 0 aliphatic carbocycles. The highest BCUT2D eigenvalue weighted by Crippen LogP contribution is 2.30. The molecule has 0 radical (unpaired) electrons. The molecule has 10 heteroatoms. The number of amides is 1. The summed E-state index contributed by atoms with van der Waals surface area (Å²) < 4.78 is 21.1. The van der Waals surface area contributed by atoms with Crippen molar-refractivity contribution in [3.8, 4) is 22.6 Å². The first kappa shape index (κ1) is 34.0. The Kier molecular flexibility index (Phi) is 12.4. The summed E-state index contributed by atoms with van der Waals surface area (Å²) in [6.45, 7) is 19.8. The van der Waals surface area contributed by atoms with Crippen LogP contribution in [0.3, 0.4) is 0 Å². The third kappa shape index (κ3) is 10.3. The van der Waals surface area contributed by atoms with Crippen LogP contribution in [0.5, 0.6) is 11.5 Å². The molecule has 0 bridgehead atoms. The minimum absolute atomic E-state index is 0.0304. The summed E-state index contributed by atoms with van der Waals surface area (Å²) in [5.41, 5.74) is 2.06. The van der Waals surface area contributed by atoms with Crippen LogP contribution in [0.25, 0.3) is 11.1 Å². The van der Waals surface area contributed by atoms with E-state index in [1.165, 1.54) is 44.7 Å². The van der Waals surface area contributed by atoms with E-state index >= 15 is 0 Å². The molecule has 2 aromatic rings. The van der Waals surface area contributed by atoms with Crippen molar-refractivity contribution in [2.75, 3.05) is 26.3 Å². The van der Waals surface area contributed by atoms with Gasteiger partial charge in [0.05, 0.1) is 18.7 Å². The van der Waals surface area contributed by atoms with Crippen LogP contribution in [-0.4, -0.2) is 61.0 Å². The number of carbonyl (C=O) groups is 5. The van der Waals surface area contributed by atoms with E-state index in [1.807, 2.05) is 0 Å². The Morgan fingerprint density at radius 1 is 0.605 bits per heavy atom. The van der Waals surface area contributed by atoms with Gasteiger partial charge in [0.2, 0.25) is 0 Å². The van der Waals surface area contributed by atoms with Crippen molar-refractivity contribution in [3.05, 3.63) is 96.6 Å². The van der Waals surface area contributed by atoms with E-state index in [1.54, 1.807) is 30.3 Å². The number of benzene rings is 2. The van der Waals surface area contributed by atoms with Gasteiger partial charge in [-0.3, -0.25) is 4.79 Å². The minimum Gasteiger partial charge on any atom is -0.460 e. The molecule has 0 saturated heterocycles. The van der Waals surface area contributed by atoms with E-state index in [9.17, 15) is 24.0 Å². The standard InChI is InChI=1S/C33H35NO9/c1-20(2)30(36)40-17-15-34(16-18-41-31(37)21(3)4)29(35)27-14-11-25(19-28(27)43-33(39)23(7)8)24-9-12-26(13-10-24)42-32(38)22(5)6/h9-14,19H,1,3,5,7,15-18H2,2,4,6,8H3. The SMILES string of the molecule is C=C(C)C(=O)OCCN(CCOC(=O)C(=C)C)C(=O)c1ccc(-c2ccc(OC(=O)C(=C)C)cc2)cc1OC(=O)C(=C)C. The Bertz CT molecular complexity index is 1440. The summed E-state index contributed by atoms with van der Waals surface area (Å²) in [6, 6.07) is 11.2. The Labute approximate surface area is 250 Å². The van der Waals surface area contributed by atoms with Crippen LogP contribution in [-0.2, 0) is 28.7 Å². The largest absolute Gasteiger partial charge is 0.460 e. The quantitative estimate of drug-likeness (QED) is 0.170. The van der Waals surface area contributed by atoms with E-state index in [-0.39, 0.29) is 59.9 Å². The molecule has 0 aromatic heterocycles. The number of rotatable bonds is 14. The predicted octanol–water partition coefficient (Wildman–Crippen LogP) is 5.00. The average molecular weight is 590 g/mol. The summed E-state index contributed by atoms with van der Waals surface area (Å²) in [7, 11) is 0. The summed E-state index contributed by atoms with van der Waals surface area (Å²) in [6.07, 6.45) is 0. The number of ether oxygens (including phenoxy) is 4. The monoisotopic (exact) mass is 589 g/mol. The van der Waals surface area contributed by atoms with E-state index in [0.29, 0.717) is 16.9 Å². The topological polar surface area (TPSA) is 126 Å². The summed E-state index contributed by atoms with van der Waals surface area (Å²) in [5.74, 6) is -2.85. The van der Waals surface area contributed by atoms with Crippen LogP contribution in [0.2, 0.25) is 0 Å². The first-order valence-corrected chi connectivity index (χ1v) is 13.2. The molecule has 0 unspecified atom stereocenters. The average Bonchev–Trinajstić information content (AvgIpc) is 2.95. The van der Waals surface area contributed by atoms with E-state index in [4.69, 9.17) is 18.9 Å². The zero-order chi connectivity index (χ0) is 32.3. The van der Waals surface area contributed by atoms with Gasteiger partial charge in [0.1, 0.15) is 24.7 Å². The van der Waals surface area contributed by atoms with E-state index < -0.39 is 29.8 Å². The van der Waals surface area contributed by atoms with Crippen LogP contribution in [0, 0.1) is 0 Å². The second-order valence-electron chi connectivity index (χ2n) is 9.70. The van der Waals surface area contributed by atoms with Crippen molar-refractivity contribution in [2.24, 2.45) is 0 Å². The highest BCUT2D eigenvalue weighted by atomic mass is 16.5. The second-order valence-corrected chi connectivity index (χ2v) is 9.70. The van der Waals surface area contributed by atoms with E-state index in [2.05, 4.69) is 26.3 Å². The molecule has 0 spiro atoms. The van der Waals surface area contributed by atoms with Gasteiger partial charge < -0.3 is 23.8 Å². The first-order valence-electron chi connectivity index (χ1n) is 13.2. The van der Waals surface area contributed by atoms with Crippen LogP contribution >= 0.6 is 0 Å². The molecule has 2 rings (SSSR count). The lowest BCUT2D eigenvalue weighted by Crippen LogP contribution is -2.37. The molecule has 2 aromatic carbocycles. The van der Waals surface area contributed by atoms with Gasteiger partial charge in [-0.05, 0) is 63.1 Å². The highest BCUT2D eigenvalue weighted by Gasteiger charge is 2.23. The Balaban J connectivity index is 2.42. The van der Waals surface area contributed by atoms with E-state index in [0.717, 1.165) is 0 Å². The van der Waals surface area contributed by atoms with Gasteiger partial charge >= 0.3 is 23.9 Å². The lowest BCUT2D eigenvalue weighted by atomic mass is 10.0. The lowest BCUT2D eigenvalue weighted by Gasteiger charge is -2.24. The molecule has 0 heterocycles. The maximum Gasteiger partial charge on any atom is 0.338 e. The van der Waals surface area contributed by atoms with Crippen LogP contribution in [0.1, 0.15) is 38.1 Å². The molecule has 43 heavy (non-hydrogen) atoms. The van der Waals surface area contributed by atoms with Crippen molar-refractivity contribution in [1.82, 2.24) is 4.90 Å². The third-order valence-corrected chi connectivity index (χ3v) is 5.68. The van der Waals surface area contributed by atoms with Crippen molar-refractivity contribution < 1.29 is 42.9 Å². The normalized spacial score (nSPS) is 10.1. The van der Waals surface area contributed by atoms with Crippen LogP contribution in [0.15, 0.2) is 91.1 Å². The molecule has 0 aliphatic rings. The molecule has 0 fully saturated rings. The predicted molar refractivity (Wildman–Crippen MR) is 160 cm³/mol. The fourth-order valence-electron chi connectivity index (χ4n) is 3.29. The lowest BCUT2D eigenvalue weighted by molar-refractivity contribution is -0.139. The smallest absolute Gasteiger partial charge is 0.338 e. The molecular weight excluding hydrogens is 554 g/mol. The van der Waals surface area contributed by atoms with Gasteiger partial charge in [-0.25, -0.2) is 19.2 Å². The van der Waals surface area contributed by atoms with Gasteiger partial charge in [0, 0.05) is 22.3 Å². The number of hydrogen-bond donors (Lipinski definition) is 0. The van der Waals surface area contributed by atoms with Gasteiger partial charge in [-0.1, -0.05) is 44.5 Å². The molecule has 0 atom stereocenters. The Hall–Kier alpha value is -5.25. The van der Waals surface area contributed by atoms with Crippen molar-refractivity contribution in [1.29, 1.82) is 0 Å². The molecule has 0 N–H and O–H groups in total. The van der Waals surface area contributed by atoms with Gasteiger partial charge in [-0.15, -0.1) is 0 Å². The maximum atomic E-state index is 13.7. The third-order valence-electron chi connectivity index (χ3n) is 5.68. The minimum atomic E-state index is -0.745. The van der Waals surface area contributed by atoms with Gasteiger partial charge in [0.15, 0.2) is 0 Å². The van der Waals surface area contributed by atoms with Crippen molar-refractivity contribution >= 4 is 29.8 Å². The van der Waals surface area contributed by atoms with Crippen molar-refractivity contribution in [2.45, 2.75) is 27.7 Å². The number of carbonyl (C=O) groups excluding carboxylic acids is 5. The van der Waals surface area contributed by atoms with Gasteiger partial charge in [-0.2, -0.15) is 0 Å². The number of hydrogen-bond acceptors (Lipinski definition) is 9. The fourth-order valence-corrected chi connectivity index (χ4v) is 3.29. The van der Waals surface area contributed by atoms with Crippen molar-refractivity contribution in [3.63, 3.8) is 0 Å². The maximum absolute atomic E-state index is 13.7. The van der Waals surface area contributed by atoms with Gasteiger partial charge in [0.25, 0.3) is 5.91 Å². The molecule has 1 amide bonds. The summed E-state index contributed by atoms with van der Waals surface area (Å²) in [4.78, 5) is 63.1. The Morgan fingerprint density at radius 3 is 1.51 bits per heavy atom. The zero-order valence-corrected chi connectivity index (χ0v) is 24.8. The molecule has 0 saturated carbocycles. The number of nitrogens with zero attached hydrogens (tertiary/aromatic N) is 1. The summed E-state index contributed by atoms with van der Waals surface area (Å²) in [5, 5.41) is 0. The zero-order valence-electron chi connectivity index (χ0n) is 24.8. The van der Waals surface area contributed by atoms with Crippen LogP contribution in [0.4, 0.5) is 0 Å². The summed E-state index contributed by atoms with van der Waals surface area (Å²) >= 11 is 0. The number of esters is 4.